The summed E-state index contributed by atoms with van der Waals surface area (Å²) in [6.45, 7) is 2.10. The first-order valence-electron chi connectivity index (χ1n) is 8.46. The zero-order valence-electron chi connectivity index (χ0n) is 15.6. The molecule has 0 spiro atoms. The van der Waals surface area contributed by atoms with Gasteiger partial charge in [0.2, 0.25) is 15.9 Å². The molecule has 0 saturated carbocycles. The standard InChI is InChI=1S/C19H24N2O5S/c1-14-6-7-15(13-18(14)27(23,24)20-2)21-19(22)5-4-12-26-17-10-8-16(25-3)9-11-17/h6-11,13,20H,4-5,12H2,1-3H3,(H,21,22). The number of amides is 1. The minimum atomic E-state index is -3.57. The number of hydrogen-bond acceptors (Lipinski definition) is 5. The number of methoxy groups -OCH3 is 1. The molecule has 0 atom stereocenters. The molecule has 0 bridgehead atoms. The van der Waals surface area contributed by atoms with E-state index in [9.17, 15) is 13.2 Å². The highest BCUT2D eigenvalue weighted by atomic mass is 32.2. The Morgan fingerprint density at radius 1 is 1.07 bits per heavy atom. The van der Waals surface area contributed by atoms with E-state index < -0.39 is 10.0 Å². The van der Waals surface area contributed by atoms with Crippen LogP contribution in [0.25, 0.3) is 0 Å². The third-order valence-electron chi connectivity index (χ3n) is 3.91. The van der Waals surface area contributed by atoms with Gasteiger partial charge in [-0.25, -0.2) is 13.1 Å². The van der Waals surface area contributed by atoms with E-state index in [0.29, 0.717) is 30.0 Å². The molecule has 0 radical (unpaired) electrons. The molecular weight excluding hydrogens is 368 g/mol. The summed E-state index contributed by atoms with van der Waals surface area (Å²) in [5.74, 6) is 1.25. The molecule has 0 fully saturated rings. The van der Waals surface area contributed by atoms with Gasteiger partial charge < -0.3 is 14.8 Å². The molecule has 146 valence electrons. The number of aryl methyl sites for hydroxylation is 1. The third-order valence-corrected chi connectivity index (χ3v) is 5.46. The van der Waals surface area contributed by atoms with Crippen LogP contribution in [0.4, 0.5) is 5.69 Å². The first-order chi connectivity index (χ1) is 12.9. The lowest BCUT2D eigenvalue weighted by Gasteiger charge is -2.11. The highest BCUT2D eigenvalue weighted by Crippen LogP contribution is 2.20. The molecule has 0 aromatic heterocycles. The van der Waals surface area contributed by atoms with Crippen molar-refractivity contribution in [2.45, 2.75) is 24.7 Å². The molecule has 0 unspecified atom stereocenters. The Labute approximate surface area is 159 Å². The summed E-state index contributed by atoms with van der Waals surface area (Å²) < 4.78 is 36.9. The van der Waals surface area contributed by atoms with Gasteiger partial charge in [-0.1, -0.05) is 6.07 Å². The smallest absolute Gasteiger partial charge is 0.240 e. The molecule has 8 heteroatoms. The Hall–Kier alpha value is -2.58. The highest BCUT2D eigenvalue weighted by molar-refractivity contribution is 7.89. The van der Waals surface area contributed by atoms with Gasteiger partial charge >= 0.3 is 0 Å². The molecule has 1 amide bonds. The third kappa shape index (κ3) is 5.97. The number of carbonyl (C=O) groups excluding carboxylic acids is 1. The Bertz CT molecular complexity index is 879. The molecule has 0 aliphatic carbocycles. The lowest BCUT2D eigenvalue weighted by molar-refractivity contribution is -0.116. The number of hydrogen-bond donors (Lipinski definition) is 2. The summed E-state index contributed by atoms with van der Waals surface area (Å²) in [6, 6.07) is 12.0. The summed E-state index contributed by atoms with van der Waals surface area (Å²) in [6.07, 6.45) is 0.795. The maximum Gasteiger partial charge on any atom is 0.240 e. The molecule has 2 N–H and O–H groups in total. The summed E-state index contributed by atoms with van der Waals surface area (Å²) >= 11 is 0. The molecule has 2 rings (SSSR count). The second-order valence-corrected chi connectivity index (χ2v) is 7.72. The van der Waals surface area contributed by atoms with Crippen LogP contribution in [0.2, 0.25) is 0 Å². The summed E-state index contributed by atoms with van der Waals surface area (Å²) in [5, 5.41) is 2.72. The van der Waals surface area contributed by atoms with E-state index in [0.717, 1.165) is 5.75 Å². The monoisotopic (exact) mass is 392 g/mol. The number of ether oxygens (including phenoxy) is 2. The second-order valence-electron chi connectivity index (χ2n) is 5.86. The van der Waals surface area contributed by atoms with Crippen molar-refractivity contribution in [2.24, 2.45) is 0 Å². The van der Waals surface area contributed by atoms with Crippen LogP contribution in [0.3, 0.4) is 0 Å². The highest BCUT2D eigenvalue weighted by Gasteiger charge is 2.15. The SMILES string of the molecule is CNS(=O)(=O)c1cc(NC(=O)CCCOc2ccc(OC)cc2)ccc1C. The number of sulfonamides is 1. The van der Waals surface area contributed by atoms with Crippen molar-refractivity contribution in [1.82, 2.24) is 4.72 Å². The molecule has 0 aliphatic rings. The van der Waals surface area contributed by atoms with E-state index in [1.165, 1.54) is 13.1 Å². The first kappa shape index (κ1) is 20.7. The van der Waals surface area contributed by atoms with Crippen molar-refractivity contribution in [1.29, 1.82) is 0 Å². The van der Waals surface area contributed by atoms with Crippen molar-refractivity contribution in [2.75, 3.05) is 26.1 Å². The van der Waals surface area contributed by atoms with Gasteiger partial charge in [0.1, 0.15) is 11.5 Å². The minimum Gasteiger partial charge on any atom is -0.497 e. The zero-order valence-corrected chi connectivity index (χ0v) is 16.4. The lowest BCUT2D eigenvalue weighted by atomic mass is 10.2. The van der Waals surface area contributed by atoms with Crippen molar-refractivity contribution >= 4 is 21.6 Å². The van der Waals surface area contributed by atoms with Crippen molar-refractivity contribution in [3.63, 3.8) is 0 Å². The van der Waals surface area contributed by atoms with Gasteiger partial charge in [-0.3, -0.25) is 4.79 Å². The zero-order chi connectivity index (χ0) is 19.9. The van der Waals surface area contributed by atoms with Gasteiger partial charge in [-0.2, -0.15) is 0 Å². The number of benzene rings is 2. The van der Waals surface area contributed by atoms with Crippen LogP contribution >= 0.6 is 0 Å². The quantitative estimate of drug-likeness (QED) is 0.640. The van der Waals surface area contributed by atoms with E-state index in [4.69, 9.17) is 9.47 Å². The molecule has 2 aromatic rings. The van der Waals surface area contributed by atoms with E-state index >= 15 is 0 Å². The van der Waals surface area contributed by atoms with Crippen LogP contribution in [0.15, 0.2) is 47.4 Å². The largest absolute Gasteiger partial charge is 0.497 e. The molecule has 0 saturated heterocycles. The van der Waals surface area contributed by atoms with Crippen LogP contribution in [-0.4, -0.2) is 35.1 Å². The fourth-order valence-electron chi connectivity index (χ4n) is 2.40. The fourth-order valence-corrected chi connectivity index (χ4v) is 3.39. The van der Waals surface area contributed by atoms with E-state index in [1.54, 1.807) is 50.4 Å². The van der Waals surface area contributed by atoms with E-state index in [2.05, 4.69) is 10.0 Å². The van der Waals surface area contributed by atoms with Crippen molar-refractivity contribution in [3.8, 4) is 11.5 Å². The maximum absolute atomic E-state index is 12.1. The van der Waals surface area contributed by atoms with E-state index in [-0.39, 0.29) is 17.2 Å². The van der Waals surface area contributed by atoms with Crippen molar-refractivity contribution < 1.29 is 22.7 Å². The summed E-state index contributed by atoms with van der Waals surface area (Å²) in [7, 11) is -0.627. The van der Waals surface area contributed by atoms with Gasteiger partial charge in [0, 0.05) is 12.1 Å². The summed E-state index contributed by atoms with van der Waals surface area (Å²) in [4.78, 5) is 12.2. The average molecular weight is 392 g/mol. The van der Waals surface area contributed by atoms with Crippen LogP contribution in [0.5, 0.6) is 11.5 Å². The van der Waals surface area contributed by atoms with Crippen LogP contribution in [0.1, 0.15) is 18.4 Å². The minimum absolute atomic E-state index is 0.144. The Balaban J connectivity index is 1.84. The predicted octanol–water partition coefficient (Wildman–Crippen LogP) is 2.71. The van der Waals surface area contributed by atoms with Gasteiger partial charge in [-0.05, 0) is 62.4 Å². The summed E-state index contributed by atoms with van der Waals surface area (Å²) in [5.41, 5.74) is 1.05. The molecule has 27 heavy (non-hydrogen) atoms. The topological polar surface area (TPSA) is 93.7 Å². The predicted molar refractivity (Wildman–Crippen MR) is 104 cm³/mol. The normalized spacial score (nSPS) is 11.1. The van der Waals surface area contributed by atoms with Crippen LogP contribution in [-0.2, 0) is 14.8 Å². The Kier molecular flexibility index (Phi) is 7.20. The number of nitrogens with one attached hydrogen (secondary N) is 2. The number of carbonyl (C=O) groups is 1. The molecule has 0 aliphatic heterocycles. The Morgan fingerprint density at radius 2 is 1.74 bits per heavy atom. The second kappa shape index (κ2) is 9.38. The molecule has 2 aromatic carbocycles. The fraction of sp³-hybridized carbons (Fsp3) is 0.316. The average Bonchev–Trinajstić information content (AvgIpc) is 2.67. The van der Waals surface area contributed by atoms with Gasteiger partial charge in [0.25, 0.3) is 0 Å². The Morgan fingerprint density at radius 3 is 2.37 bits per heavy atom. The van der Waals surface area contributed by atoms with Crippen molar-refractivity contribution in [3.05, 3.63) is 48.0 Å². The van der Waals surface area contributed by atoms with Crippen LogP contribution < -0.4 is 19.5 Å². The first-order valence-corrected chi connectivity index (χ1v) is 9.95. The van der Waals surface area contributed by atoms with Gasteiger partial charge in [-0.15, -0.1) is 0 Å². The number of anilines is 1. The molecule has 7 nitrogen and oxygen atoms in total. The molecular formula is C19H24N2O5S. The van der Waals surface area contributed by atoms with Gasteiger partial charge in [0.15, 0.2) is 0 Å². The van der Waals surface area contributed by atoms with Crippen LogP contribution in [0, 0.1) is 6.92 Å². The molecule has 0 heterocycles. The lowest BCUT2D eigenvalue weighted by Crippen LogP contribution is -2.20. The van der Waals surface area contributed by atoms with Gasteiger partial charge in [0.05, 0.1) is 18.6 Å². The maximum atomic E-state index is 12.1. The van der Waals surface area contributed by atoms with E-state index in [1.807, 2.05) is 0 Å². The number of rotatable bonds is 9.